The van der Waals surface area contributed by atoms with Crippen LogP contribution >= 0.6 is 66.8 Å². The number of ether oxygens (including phenoxy) is 1. The normalized spacial score (nSPS) is 10.1. The summed E-state index contributed by atoms with van der Waals surface area (Å²) in [5.74, 6) is 1.34. The maximum Gasteiger partial charge on any atom is 0.156 e. The lowest BCUT2D eigenvalue weighted by molar-refractivity contribution is 0.415. The fourth-order valence-electron chi connectivity index (χ4n) is 1.02. The molecule has 1 aromatic carbocycles. The number of halogens is 4. The minimum atomic E-state index is 0.518. The van der Waals surface area contributed by atoms with Crippen LogP contribution < -0.4 is 4.74 Å². The molecule has 0 amide bonds. The van der Waals surface area contributed by atoms with E-state index in [0.29, 0.717) is 15.8 Å². The van der Waals surface area contributed by atoms with Gasteiger partial charge in [-0.05, 0) is 44.0 Å². The first kappa shape index (κ1) is 14.7. The second kappa shape index (κ2) is 7.17. The van der Waals surface area contributed by atoms with Gasteiger partial charge in [-0.25, -0.2) is 0 Å². The Morgan fingerprint density at radius 3 is 2.38 bits per heavy atom. The average Bonchev–Trinajstić information content (AvgIpc) is 2.16. The molecule has 0 spiro atoms. The SMILES string of the molecule is COc1c(Cl)cc(SCC=C(Br)Br)cc1Cl. The summed E-state index contributed by atoms with van der Waals surface area (Å²) in [6, 6.07) is 3.68. The van der Waals surface area contributed by atoms with Crippen LogP contribution in [0.1, 0.15) is 0 Å². The summed E-state index contributed by atoms with van der Waals surface area (Å²) in [7, 11) is 1.55. The van der Waals surface area contributed by atoms with Gasteiger partial charge in [-0.15, -0.1) is 11.8 Å². The van der Waals surface area contributed by atoms with Crippen LogP contribution in [0, 0.1) is 0 Å². The zero-order valence-corrected chi connectivity index (χ0v) is 13.8. The molecule has 0 N–H and O–H groups in total. The highest BCUT2D eigenvalue weighted by Crippen LogP contribution is 2.37. The summed E-state index contributed by atoms with van der Waals surface area (Å²) in [5.41, 5.74) is 0. The molecule has 0 radical (unpaired) electrons. The third-order valence-electron chi connectivity index (χ3n) is 1.66. The van der Waals surface area contributed by atoms with Crippen LogP contribution in [0.2, 0.25) is 10.0 Å². The zero-order valence-electron chi connectivity index (χ0n) is 8.27. The molecule has 0 heterocycles. The molecule has 0 atom stereocenters. The van der Waals surface area contributed by atoms with E-state index in [1.807, 2.05) is 18.2 Å². The first-order valence-electron chi connectivity index (χ1n) is 4.21. The third-order valence-corrected chi connectivity index (χ3v) is 3.77. The molecule has 0 bridgehead atoms. The molecular weight excluding hydrogens is 399 g/mol. The fourth-order valence-corrected chi connectivity index (χ4v) is 3.38. The van der Waals surface area contributed by atoms with Crippen LogP contribution in [-0.2, 0) is 0 Å². The number of methoxy groups -OCH3 is 1. The molecule has 0 unspecified atom stereocenters. The van der Waals surface area contributed by atoms with E-state index < -0.39 is 0 Å². The van der Waals surface area contributed by atoms with Gasteiger partial charge in [0, 0.05) is 10.6 Å². The van der Waals surface area contributed by atoms with Gasteiger partial charge in [-0.3, -0.25) is 0 Å². The largest absolute Gasteiger partial charge is 0.494 e. The van der Waals surface area contributed by atoms with E-state index in [-0.39, 0.29) is 0 Å². The van der Waals surface area contributed by atoms with Crippen molar-refractivity contribution in [3.8, 4) is 5.75 Å². The molecule has 0 aliphatic rings. The number of thioether (sulfide) groups is 1. The molecule has 16 heavy (non-hydrogen) atoms. The molecule has 88 valence electrons. The Morgan fingerprint density at radius 2 is 1.94 bits per heavy atom. The van der Waals surface area contributed by atoms with Gasteiger partial charge in [0.25, 0.3) is 0 Å². The summed E-state index contributed by atoms with van der Waals surface area (Å²) in [6.45, 7) is 0. The van der Waals surface area contributed by atoms with Gasteiger partial charge in [0.1, 0.15) is 0 Å². The van der Waals surface area contributed by atoms with Gasteiger partial charge in [-0.2, -0.15) is 0 Å². The Labute approximate surface area is 126 Å². The summed E-state index contributed by atoms with van der Waals surface area (Å²) >= 11 is 20.3. The Hall–Kier alpha value is 0.650. The molecule has 0 aromatic heterocycles. The molecular formula is C10H8Br2Cl2OS. The van der Waals surface area contributed by atoms with Crippen molar-refractivity contribution < 1.29 is 4.74 Å². The van der Waals surface area contributed by atoms with E-state index in [4.69, 9.17) is 27.9 Å². The van der Waals surface area contributed by atoms with Gasteiger partial charge < -0.3 is 4.74 Å². The standard InChI is InChI=1S/C10H8Br2Cl2OS/c1-15-10-7(13)4-6(5-8(10)14)16-3-2-9(11)12/h2,4-5H,3H2,1H3. The first-order chi connectivity index (χ1) is 7.54. The summed E-state index contributed by atoms with van der Waals surface area (Å²) in [4.78, 5) is 1.01. The number of hydrogen-bond acceptors (Lipinski definition) is 2. The Balaban J connectivity index is 2.80. The van der Waals surface area contributed by atoms with E-state index in [0.717, 1.165) is 14.0 Å². The van der Waals surface area contributed by atoms with E-state index >= 15 is 0 Å². The summed E-state index contributed by atoms with van der Waals surface area (Å²) < 4.78 is 6.00. The first-order valence-corrected chi connectivity index (χ1v) is 7.54. The maximum absolute atomic E-state index is 6.02. The molecule has 0 saturated heterocycles. The van der Waals surface area contributed by atoms with Gasteiger partial charge in [0.2, 0.25) is 0 Å². The van der Waals surface area contributed by atoms with Crippen LogP contribution in [0.4, 0.5) is 0 Å². The molecule has 1 rings (SSSR count). The van der Waals surface area contributed by atoms with Gasteiger partial charge >= 0.3 is 0 Å². The van der Waals surface area contributed by atoms with E-state index in [2.05, 4.69) is 31.9 Å². The van der Waals surface area contributed by atoms with Crippen LogP contribution in [0.25, 0.3) is 0 Å². The number of hydrogen-bond donors (Lipinski definition) is 0. The Bertz CT molecular complexity index is 383. The molecule has 1 nitrogen and oxygen atoms in total. The lowest BCUT2D eigenvalue weighted by Crippen LogP contribution is -1.86. The van der Waals surface area contributed by atoms with Crippen LogP contribution in [-0.4, -0.2) is 12.9 Å². The Kier molecular flexibility index (Phi) is 6.59. The van der Waals surface area contributed by atoms with Crippen molar-refractivity contribution in [3.63, 3.8) is 0 Å². The third kappa shape index (κ3) is 4.49. The summed E-state index contributed by atoms with van der Waals surface area (Å²) in [5, 5.41) is 1.05. The monoisotopic (exact) mass is 404 g/mol. The van der Waals surface area contributed by atoms with E-state index in [1.54, 1.807) is 18.9 Å². The van der Waals surface area contributed by atoms with Crippen molar-refractivity contribution in [2.24, 2.45) is 0 Å². The smallest absolute Gasteiger partial charge is 0.156 e. The Morgan fingerprint density at radius 1 is 1.38 bits per heavy atom. The molecule has 0 aliphatic carbocycles. The van der Waals surface area contributed by atoms with Crippen molar-refractivity contribution >= 4 is 66.8 Å². The minimum Gasteiger partial charge on any atom is -0.494 e. The lowest BCUT2D eigenvalue weighted by Gasteiger charge is -2.07. The highest BCUT2D eigenvalue weighted by molar-refractivity contribution is 9.28. The lowest BCUT2D eigenvalue weighted by atomic mass is 10.3. The second-order valence-electron chi connectivity index (χ2n) is 2.72. The van der Waals surface area contributed by atoms with Crippen molar-refractivity contribution in [2.45, 2.75) is 4.90 Å². The summed E-state index contributed by atoms with van der Waals surface area (Å²) in [6.07, 6.45) is 2.00. The average molecular weight is 407 g/mol. The van der Waals surface area contributed by atoms with Crippen molar-refractivity contribution in [1.29, 1.82) is 0 Å². The molecule has 0 fully saturated rings. The van der Waals surface area contributed by atoms with Crippen molar-refractivity contribution in [2.75, 3.05) is 12.9 Å². The fraction of sp³-hybridized carbons (Fsp3) is 0.200. The van der Waals surface area contributed by atoms with Crippen LogP contribution in [0.5, 0.6) is 5.75 Å². The molecule has 0 saturated carbocycles. The van der Waals surface area contributed by atoms with Crippen LogP contribution in [0.15, 0.2) is 26.5 Å². The molecule has 6 heteroatoms. The minimum absolute atomic E-state index is 0.518. The number of rotatable bonds is 4. The predicted molar refractivity (Wildman–Crippen MR) is 79.7 cm³/mol. The van der Waals surface area contributed by atoms with E-state index in [1.165, 1.54) is 0 Å². The zero-order chi connectivity index (χ0) is 12.1. The highest BCUT2D eigenvalue weighted by Gasteiger charge is 2.08. The topological polar surface area (TPSA) is 9.23 Å². The predicted octanol–water partition coefficient (Wildman–Crippen LogP) is 5.73. The van der Waals surface area contributed by atoms with Crippen molar-refractivity contribution in [3.05, 3.63) is 31.6 Å². The molecule has 0 aliphatic heterocycles. The maximum atomic E-state index is 6.02. The molecule has 1 aromatic rings. The van der Waals surface area contributed by atoms with Gasteiger partial charge in [-0.1, -0.05) is 29.3 Å². The highest BCUT2D eigenvalue weighted by atomic mass is 79.9. The quantitative estimate of drug-likeness (QED) is 0.591. The van der Waals surface area contributed by atoms with E-state index in [9.17, 15) is 0 Å². The van der Waals surface area contributed by atoms with Gasteiger partial charge in [0.05, 0.1) is 20.5 Å². The van der Waals surface area contributed by atoms with Gasteiger partial charge in [0.15, 0.2) is 5.75 Å². The van der Waals surface area contributed by atoms with Crippen LogP contribution in [0.3, 0.4) is 0 Å². The van der Waals surface area contributed by atoms with Crippen molar-refractivity contribution in [1.82, 2.24) is 0 Å². The second-order valence-corrected chi connectivity index (χ2v) is 7.41. The number of benzene rings is 1.